The Kier molecular flexibility index (Phi) is 3.27. The maximum Gasteiger partial charge on any atom is 0.222 e. The number of fused-ring (bicyclic) bond motifs is 1. The number of carbonyl (C=O) groups excluding carboxylic acids is 1. The van der Waals surface area contributed by atoms with Gasteiger partial charge in [0.1, 0.15) is 0 Å². The molecule has 0 spiro atoms. The molecule has 2 heterocycles. The van der Waals surface area contributed by atoms with E-state index in [1.165, 1.54) is 5.56 Å². The van der Waals surface area contributed by atoms with Gasteiger partial charge < -0.3 is 9.42 Å². The lowest BCUT2D eigenvalue weighted by atomic mass is 10.1. The molecule has 0 saturated carbocycles. The van der Waals surface area contributed by atoms with Gasteiger partial charge in [-0.2, -0.15) is 0 Å². The molecule has 4 heteroatoms. The second-order valence-electron chi connectivity index (χ2n) is 4.34. The third kappa shape index (κ3) is 2.10. The second kappa shape index (κ2) is 4.68. The molecule has 1 amide bonds. The first-order chi connectivity index (χ1) is 7.72. The number of unbranched alkanes of at least 4 members (excludes halogenated alkanes) is 1. The van der Waals surface area contributed by atoms with Crippen molar-refractivity contribution >= 4 is 5.91 Å². The van der Waals surface area contributed by atoms with Gasteiger partial charge >= 0.3 is 0 Å². The van der Waals surface area contributed by atoms with Gasteiger partial charge in [0.15, 0.2) is 5.76 Å². The largest absolute Gasteiger partial charge is 0.359 e. The van der Waals surface area contributed by atoms with E-state index in [0.29, 0.717) is 13.0 Å². The van der Waals surface area contributed by atoms with E-state index in [1.807, 2.05) is 11.8 Å². The number of aromatic nitrogens is 1. The van der Waals surface area contributed by atoms with Gasteiger partial charge in [0.05, 0.1) is 12.2 Å². The van der Waals surface area contributed by atoms with Crippen molar-refractivity contribution in [2.45, 2.75) is 46.1 Å². The molecule has 1 aliphatic rings. The zero-order chi connectivity index (χ0) is 11.5. The Hall–Kier alpha value is -1.32. The monoisotopic (exact) mass is 222 g/mol. The van der Waals surface area contributed by atoms with E-state index in [4.69, 9.17) is 4.52 Å². The zero-order valence-corrected chi connectivity index (χ0v) is 9.95. The maximum absolute atomic E-state index is 11.8. The highest BCUT2D eigenvalue weighted by molar-refractivity contribution is 5.76. The van der Waals surface area contributed by atoms with Crippen LogP contribution >= 0.6 is 0 Å². The van der Waals surface area contributed by atoms with Crippen molar-refractivity contribution in [2.75, 3.05) is 6.54 Å². The predicted octanol–water partition coefficient (Wildman–Crippen LogP) is 2.06. The maximum atomic E-state index is 11.8. The summed E-state index contributed by atoms with van der Waals surface area (Å²) in [7, 11) is 0. The van der Waals surface area contributed by atoms with Crippen molar-refractivity contribution in [3.8, 4) is 0 Å². The number of hydrogen-bond acceptors (Lipinski definition) is 3. The van der Waals surface area contributed by atoms with Crippen LogP contribution < -0.4 is 0 Å². The molecule has 1 aromatic rings. The number of amides is 1. The minimum atomic E-state index is 0.238. The standard InChI is InChI=1S/C12H18N2O2/c1-3-4-5-12(15)14-7-6-10-9(2)13-16-11(10)8-14/h3-8H2,1-2H3. The van der Waals surface area contributed by atoms with Crippen LogP contribution in [0, 0.1) is 6.92 Å². The molecule has 0 bridgehead atoms. The smallest absolute Gasteiger partial charge is 0.222 e. The normalized spacial score (nSPS) is 15.0. The van der Waals surface area contributed by atoms with Crippen molar-refractivity contribution in [1.82, 2.24) is 10.1 Å². The average molecular weight is 222 g/mol. The van der Waals surface area contributed by atoms with Crippen molar-refractivity contribution < 1.29 is 9.32 Å². The molecule has 0 aliphatic carbocycles. The quantitative estimate of drug-likeness (QED) is 0.786. The molecule has 0 unspecified atom stereocenters. The molecule has 0 N–H and O–H groups in total. The van der Waals surface area contributed by atoms with Gasteiger partial charge in [-0.25, -0.2) is 0 Å². The van der Waals surface area contributed by atoms with Crippen LogP contribution in [0.3, 0.4) is 0 Å². The first-order valence-corrected chi connectivity index (χ1v) is 5.94. The molecule has 0 aromatic carbocycles. The number of carbonyl (C=O) groups is 1. The molecule has 0 saturated heterocycles. The Labute approximate surface area is 95.6 Å². The second-order valence-corrected chi connectivity index (χ2v) is 4.34. The van der Waals surface area contributed by atoms with Crippen molar-refractivity contribution in [1.29, 1.82) is 0 Å². The molecule has 88 valence electrons. The lowest BCUT2D eigenvalue weighted by molar-refractivity contribution is -0.132. The molecular weight excluding hydrogens is 204 g/mol. The van der Waals surface area contributed by atoms with Crippen LogP contribution in [-0.4, -0.2) is 22.5 Å². The first-order valence-electron chi connectivity index (χ1n) is 5.94. The fourth-order valence-corrected chi connectivity index (χ4v) is 2.08. The number of rotatable bonds is 3. The van der Waals surface area contributed by atoms with Crippen molar-refractivity contribution in [2.24, 2.45) is 0 Å². The van der Waals surface area contributed by atoms with Crippen molar-refractivity contribution in [3.63, 3.8) is 0 Å². The molecular formula is C12H18N2O2. The van der Waals surface area contributed by atoms with Crippen LogP contribution in [0.5, 0.6) is 0 Å². The highest BCUT2D eigenvalue weighted by Gasteiger charge is 2.24. The predicted molar refractivity (Wildman–Crippen MR) is 59.9 cm³/mol. The molecule has 0 fully saturated rings. The summed E-state index contributed by atoms with van der Waals surface area (Å²) in [5.41, 5.74) is 2.16. The minimum Gasteiger partial charge on any atom is -0.359 e. The summed E-state index contributed by atoms with van der Waals surface area (Å²) in [4.78, 5) is 13.7. The topological polar surface area (TPSA) is 46.3 Å². The molecule has 16 heavy (non-hydrogen) atoms. The van der Waals surface area contributed by atoms with Gasteiger partial charge in [-0.15, -0.1) is 0 Å². The summed E-state index contributed by atoms with van der Waals surface area (Å²) in [5.74, 6) is 1.11. The molecule has 4 nitrogen and oxygen atoms in total. The van der Waals surface area contributed by atoms with E-state index < -0.39 is 0 Å². The SMILES string of the molecule is CCCCC(=O)N1CCc2c(C)noc2C1. The van der Waals surface area contributed by atoms with E-state index in [2.05, 4.69) is 12.1 Å². The zero-order valence-electron chi connectivity index (χ0n) is 9.95. The van der Waals surface area contributed by atoms with Gasteiger partial charge in [-0.1, -0.05) is 18.5 Å². The van der Waals surface area contributed by atoms with E-state index in [9.17, 15) is 4.79 Å². The van der Waals surface area contributed by atoms with Crippen LogP contribution in [0.2, 0.25) is 0 Å². The van der Waals surface area contributed by atoms with Crippen LogP contribution in [0.1, 0.15) is 43.2 Å². The third-order valence-corrected chi connectivity index (χ3v) is 3.13. The van der Waals surface area contributed by atoms with Crippen LogP contribution in [0.25, 0.3) is 0 Å². The van der Waals surface area contributed by atoms with E-state index >= 15 is 0 Å². The molecule has 1 aromatic heterocycles. The van der Waals surface area contributed by atoms with Gasteiger partial charge in [-0.3, -0.25) is 4.79 Å². The highest BCUT2D eigenvalue weighted by atomic mass is 16.5. The Balaban J connectivity index is 2.00. The van der Waals surface area contributed by atoms with E-state index in [1.54, 1.807) is 0 Å². The fraction of sp³-hybridized carbons (Fsp3) is 0.667. The minimum absolute atomic E-state index is 0.238. The summed E-state index contributed by atoms with van der Waals surface area (Å²) in [5, 5.41) is 3.94. The average Bonchev–Trinajstić information content (AvgIpc) is 2.67. The van der Waals surface area contributed by atoms with Gasteiger partial charge in [0.2, 0.25) is 5.91 Å². The lowest BCUT2D eigenvalue weighted by Crippen LogP contribution is -2.35. The number of aryl methyl sites for hydroxylation is 1. The Bertz CT molecular complexity index is 384. The number of nitrogens with zero attached hydrogens (tertiary/aromatic N) is 2. The lowest BCUT2D eigenvalue weighted by Gasteiger charge is -2.25. The number of hydrogen-bond donors (Lipinski definition) is 0. The third-order valence-electron chi connectivity index (χ3n) is 3.13. The van der Waals surface area contributed by atoms with Gasteiger partial charge in [0, 0.05) is 18.5 Å². The molecule has 1 aliphatic heterocycles. The van der Waals surface area contributed by atoms with Gasteiger partial charge in [0.25, 0.3) is 0 Å². The Morgan fingerprint density at radius 3 is 3.12 bits per heavy atom. The summed E-state index contributed by atoms with van der Waals surface area (Å²) < 4.78 is 5.23. The molecule has 0 radical (unpaired) electrons. The molecule has 2 rings (SSSR count). The fourth-order valence-electron chi connectivity index (χ4n) is 2.08. The Morgan fingerprint density at radius 2 is 2.38 bits per heavy atom. The summed E-state index contributed by atoms with van der Waals surface area (Å²) >= 11 is 0. The first kappa shape index (κ1) is 11.2. The van der Waals surface area contributed by atoms with E-state index in [-0.39, 0.29) is 5.91 Å². The highest BCUT2D eigenvalue weighted by Crippen LogP contribution is 2.22. The van der Waals surface area contributed by atoms with Crippen molar-refractivity contribution in [3.05, 3.63) is 17.0 Å². The summed E-state index contributed by atoms with van der Waals surface area (Å²) in [6.07, 6.45) is 3.56. The van der Waals surface area contributed by atoms with Gasteiger partial charge in [-0.05, 0) is 19.8 Å². The Morgan fingerprint density at radius 1 is 1.56 bits per heavy atom. The van der Waals surface area contributed by atoms with Crippen LogP contribution in [0.15, 0.2) is 4.52 Å². The van der Waals surface area contributed by atoms with Crippen LogP contribution in [-0.2, 0) is 17.8 Å². The summed E-state index contributed by atoms with van der Waals surface area (Å²) in [6, 6.07) is 0. The summed E-state index contributed by atoms with van der Waals surface area (Å²) in [6.45, 7) is 5.45. The molecule has 0 atom stereocenters. The van der Waals surface area contributed by atoms with Crippen LogP contribution in [0.4, 0.5) is 0 Å². The van der Waals surface area contributed by atoms with E-state index in [0.717, 1.165) is 37.3 Å².